The average Bonchev–Trinajstić information content (AvgIpc) is 3.17. The number of amides is 1. The summed E-state index contributed by atoms with van der Waals surface area (Å²) >= 11 is 13.5. The van der Waals surface area contributed by atoms with Gasteiger partial charge in [-0.15, -0.1) is 11.8 Å². The van der Waals surface area contributed by atoms with Crippen LogP contribution in [0, 0.1) is 6.92 Å². The number of nitrogens with zero attached hydrogens (tertiary/aromatic N) is 2. The normalized spacial score (nSPS) is 10.8. The minimum absolute atomic E-state index is 0.215. The van der Waals surface area contributed by atoms with Crippen LogP contribution in [0.4, 0.5) is 0 Å². The van der Waals surface area contributed by atoms with Gasteiger partial charge in [-0.25, -0.2) is 9.97 Å². The van der Waals surface area contributed by atoms with E-state index in [0.717, 1.165) is 5.56 Å². The Morgan fingerprint density at radius 1 is 1.26 bits per heavy atom. The molecule has 0 aliphatic carbocycles. The number of carbonyl (C=O) groups excluding carboxylic acids is 1. The van der Waals surface area contributed by atoms with Gasteiger partial charge in [0.15, 0.2) is 11.6 Å². The van der Waals surface area contributed by atoms with Gasteiger partial charge in [-0.3, -0.25) is 4.79 Å². The van der Waals surface area contributed by atoms with Crippen molar-refractivity contribution in [2.45, 2.75) is 18.4 Å². The summed E-state index contributed by atoms with van der Waals surface area (Å²) in [5.74, 6) is 0.817. The molecule has 140 valence electrons. The van der Waals surface area contributed by atoms with Crippen molar-refractivity contribution >= 4 is 40.9 Å². The molecule has 1 N–H and O–H groups in total. The number of halogens is 2. The van der Waals surface area contributed by atoms with Crippen LogP contribution in [-0.2, 0) is 6.42 Å². The average molecular weight is 422 g/mol. The Bertz CT molecular complexity index is 962. The summed E-state index contributed by atoms with van der Waals surface area (Å²) in [5.41, 5.74) is 2.00. The van der Waals surface area contributed by atoms with Gasteiger partial charge in [0.2, 0.25) is 0 Å². The maximum atomic E-state index is 12.7. The highest BCUT2D eigenvalue weighted by Crippen LogP contribution is 2.25. The van der Waals surface area contributed by atoms with E-state index >= 15 is 0 Å². The Hall–Kier alpha value is -2.02. The van der Waals surface area contributed by atoms with Crippen LogP contribution in [0.2, 0.25) is 10.0 Å². The lowest BCUT2D eigenvalue weighted by Crippen LogP contribution is -2.27. The van der Waals surface area contributed by atoms with E-state index in [4.69, 9.17) is 27.6 Å². The summed E-state index contributed by atoms with van der Waals surface area (Å²) in [6.07, 6.45) is 4.04. The first-order valence-corrected chi connectivity index (χ1v) is 10.2. The van der Waals surface area contributed by atoms with Gasteiger partial charge in [-0.1, -0.05) is 29.3 Å². The lowest BCUT2D eigenvalue weighted by Gasteiger charge is -2.12. The van der Waals surface area contributed by atoms with Crippen LogP contribution in [0.15, 0.2) is 46.0 Å². The largest absolute Gasteiger partial charge is 0.461 e. The maximum Gasteiger partial charge on any atom is 0.255 e. The third kappa shape index (κ3) is 4.64. The van der Waals surface area contributed by atoms with E-state index in [1.807, 2.05) is 12.3 Å². The molecule has 0 saturated heterocycles. The molecule has 0 aliphatic heterocycles. The van der Waals surface area contributed by atoms with Crippen LogP contribution in [0.1, 0.15) is 21.6 Å². The molecule has 0 atom stereocenters. The molecule has 1 amide bonds. The molecule has 0 unspecified atom stereocenters. The molecule has 0 fully saturated rings. The molecule has 0 bridgehead atoms. The Morgan fingerprint density at radius 3 is 2.74 bits per heavy atom. The standard InChI is InChI=1S/C19H17Cl2N3O2S/c1-11-16(19(27-2)24-17(23-11)15-4-3-9-26-15)18(25)22-8-7-12-5-6-13(20)10-14(12)21/h3-6,9-10H,7-8H2,1-2H3,(H,22,25). The Balaban J connectivity index is 1.74. The van der Waals surface area contributed by atoms with Crippen LogP contribution in [0.25, 0.3) is 11.6 Å². The quantitative estimate of drug-likeness (QED) is 0.445. The number of aryl methyl sites for hydroxylation is 1. The fourth-order valence-corrected chi connectivity index (χ4v) is 3.72. The van der Waals surface area contributed by atoms with Gasteiger partial charge in [-0.05, 0) is 49.4 Å². The Kier molecular flexibility index (Phi) is 6.42. The smallest absolute Gasteiger partial charge is 0.255 e. The van der Waals surface area contributed by atoms with Crippen molar-refractivity contribution < 1.29 is 9.21 Å². The molecule has 1 aromatic carbocycles. The molecule has 0 saturated carbocycles. The van der Waals surface area contributed by atoms with Crippen molar-refractivity contribution in [2.24, 2.45) is 0 Å². The van der Waals surface area contributed by atoms with E-state index in [-0.39, 0.29) is 5.91 Å². The minimum atomic E-state index is -0.215. The summed E-state index contributed by atoms with van der Waals surface area (Å²) in [6.45, 7) is 2.23. The molecule has 2 heterocycles. The van der Waals surface area contributed by atoms with Gasteiger partial charge in [0.25, 0.3) is 5.91 Å². The molecule has 0 radical (unpaired) electrons. The van der Waals surface area contributed by atoms with Crippen LogP contribution in [-0.4, -0.2) is 28.7 Å². The first-order valence-electron chi connectivity index (χ1n) is 8.18. The summed E-state index contributed by atoms with van der Waals surface area (Å²) in [6, 6.07) is 8.89. The number of benzene rings is 1. The SMILES string of the molecule is CSc1nc(-c2ccco2)nc(C)c1C(=O)NCCc1ccc(Cl)cc1Cl. The number of hydrogen-bond acceptors (Lipinski definition) is 5. The highest BCUT2D eigenvalue weighted by Gasteiger charge is 2.19. The lowest BCUT2D eigenvalue weighted by molar-refractivity contribution is 0.0949. The van der Waals surface area contributed by atoms with E-state index in [1.54, 1.807) is 37.5 Å². The second-order valence-corrected chi connectivity index (χ2v) is 7.37. The summed E-state index contributed by atoms with van der Waals surface area (Å²) in [5, 5.41) is 4.69. The molecular formula is C19H17Cl2N3O2S. The van der Waals surface area contributed by atoms with Crippen molar-refractivity contribution in [3.63, 3.8) is 0 Å². The third-order valence-corrected chi connectivity index (χ3v) is 5.18. The van der Waals surface area contributed by atoms with E-state index in [1.165, 1.54) is 11.8 Å². The van der Waals surface area contributed by atoms with Gasteiger partial charge in [0, 0.05) is 16.6 Å². The number of aromatic nitrogens is 2. The zero-order valence-corrected chi connectivity index (χ0v) is 17.1. The molecular weight excluding hydrogens is 405 g/mol. The molecule has 8 heteroatoms. The summed E-state index contributed by atoms with van der Waals surface area (Å²) < 4.78 is 5.35. The molecule has 3 aromatic rings. The van der Waals surface area contributed by atoms with Crippen molar-refractivity contribution in [1.29, 1.82) is 0 Å². The van der Waals surface area contributed by atoms with E-state index in [0.29, 0.717) is 50.9 Å². The molecule has 0 spiro atoms. The van der Waals surface area contributed by atoms with Crippen LogP contribution >= 0.6 is 35.0 Å². The molecule has 5 nitrogen and oxygen atoms in total. The van der Waals surface area contributed by atoms with E-state index in [2.05, 4.69) is 15.3 Å². The van der Waals surface area contributed by atoms with Gasteiger partial charge >= 0.3 is 0 Å². The lowest BCUT2D eigenvalue weighted by atomic mass is 10.1. The van der Waals surface area contributed by atoms with Gasteiger partial charge in [0.05, 0.1) is 17.5 Å². The second-order valence-electron chi connectivity index (χ2n) is 5.74. The minimum Gasteiger partial charge on any atom is -0.461 e. The van der Waals surface area contributed by atoms with Crippen LogP contribution < -0.4 is 5.32 Å². The molecule has 0 aliphatic rings. The number of rotatable bonds is 6. The van der Waals surface area contributed by atoms with Crippen molar-refractivity contribution in [3.8, 4) is 11.6 Å². The Morgan fingerprint density at radius 2 is 2.07 bits per heavy atom. The highest BCUT2D eigenvalue weighted by molar-refractivity contribution is 7.98. The van der Waals surface area contributed by atoms with Gasteiger partial charge < -0.3 is 9.73 Å². The highest BCUT2D eigenvalue weighted by atomic mass is 35.5. The molecule has 3 rings (SSSR count). The second kappa shape index (κ2) is 8.78. The van der Waals surface area contributed by atoms with Gasteiger partial charge in [0.1, 0.15) is 5.03 Å². The molecule has 27 heavy (non-hydrogen) atoms. The summed E-state index contributed by atoms with van der Waals surface area (Å²) in [4.78, 5) is 21.6. The number of hydrogen-bond donors (Lipinski definition) is 1. The predicted octanol–water partition coefficient (Wildman–Crippen LogP) is 5.05. The van der Waals surface area contributed by atoms with Crippen molar-refractivity contribution in [1.82, 2.24) is 15.3 Å². The van der Waals surface area contributed by atoms with E-state index < -0.39 is 0 Å². The predicted molar refractivity (Wildman–Crippen MR) is 109 cm³/mol. The zero-order valence-electron chi connectivity index (χ0n) is 14.8. The zero-order chi connectivity index (χ0) is 19.4. The molecule has 2 aromatic heterocycles. The topological polar surface area (TPSA) is 68.0 Å². The third-order valence-electron chi connectivity index (χ3n) is 3.91. The van der Waals surface area contributed by atoms with E-state index in [9.17, 15) is 4.79 Å². The number of nitrogens with one attached hydrogen (secondary N) is 1. The number of carbonyl (C=O) groups is 1. The fraction of sp³-hybridized carbons (Fsp3) is 0.211. The van der Waals surface area contributed by atoms with Crippen molar-refractivity contribution in [2.75, 3.05) is 12.8 Å². The van der Waals surface area contributed by atoms with Crippen LogP contribution in [0.3, 0.4) is 0 Å². The fourth-order valence-electron chi connectivity index (χ4n) is 2.60. The van der Waals surface area contributed by atoms with Gasteiger partial charge in [-0.2, -0.15) is 0 Å². The van der Waals surface area contributed by atoms with Crippen molar-refractivity contribution in [3.05, 3.63) is 63.5 Å². The number of furan rings is 1. The van der Waals surface area contributed by atoms with Crippen LogP contribution in [0.5, 0.6) is 0 Å². The monoisotopic (exact) mass is 421 g/mol. The number of thioether (sulfide) groups is 1. The maximum absolute atomic E-state index is 12.7. The first-order chi connectivity index (χ1) is 13.0. The first kappa shape index (κ1) is 19.7. The Labute approximate surface area is 171 Å². The summed E-state index contributed by atoms with van der Waals surface area (Å²) in [7, 11) is 0.